The van der Waals surface area contributed by atoms with Crippen LogP contribution in [0.3, 0.4) is 0 Å². The van der Waals surface area contributed by atoms with Gasteiger partial charge >= 0.3 is 5.97 Å². The van der Waals surface area contributed by atoms with Crippen LogP contribution in [0.1, 0.15) is 36.0 Å². The minimum atomic E-state index is -0.773. The third kappa shape index (κ3) is 3.67. The van der Waals surface area contributed by atoms with E-state index in [9.17, 15) is 9.59 Å². The minimum Gasteiger partial charge on any atom is -0.481 e. The number of hydrogen-bond acceptors (Lipinski definition) is 3. The Kier molecular flexibility index (Phi) is 5.00. The number of benzene rings is 1. The topological polar surface area (TPSA) is 70.5 Å². The third-order valence-electron chi connectivity index (χ3n) is 4.50. The van der Waals surface area contributed by atoms with Gasteiger partial charge in [0.25, 0.3) is 5.91 Å². The molecule has 5 nitrogen and oxygen atoms in total. The molecule has 1 aliphatic rings. The lowest BCUT2D eigenvalue weighted by Gasteiger charge is -2.21. The molecule has 0 aliphatic carbocycles. The van der Waals surface area contributed by atoms with Gasteiger partial charge in [0, 0.05) is 36.1 Å². The number of carbonyl (C=O) groups is 2. The molecule has 2 aromatic rings. The largest absolute Gasteiger partial charge is 0.481 e. The molecule has 0 radical (unpaired) electrons. The molecular weight excluding hydrogens is 328 g/mol. The van der Waals surface area contributed by atoms with Gasteiger partial charge in [-0.3, -0.25) is 14.6 Å². The van der Waals surface area contributed by atoms with Crippen LogP contribution in [0.15, 0.2) is 30.5 Å². The zero-order chi connectivity index (χ0) is 17.1. The summed E-state index contributed by atoms with van der Waals surface area (Å²) in [5.41, 5.74) is 1.16. The van der Waals surface area contributed by atoms with E-state index in [1.54, 1.807) is 23.2 Å². The predicted octanol–water partition coefficient (Wildman–Crippen LogP) is 3.61. The SMILES string of the molecule is O=C(O)CC1CCCN(C(=O)c2cc(Cl)cc3cccnc23)CC1. The highest BCUT2D eigenvalue weighted by Crippen LogP contribution is 2.26. The Balaban J connectivity index is 1.83. The fourth-order valence-electron chi connectivity index (χ4n) is 3.31. The van der Waals surface area contributed by atoms with E-state index in [4.69, 9.17) is 16.7 Å². The van der Waals surface area contributed by atoms with E-state index < -0.39 is 5.97 Å². The molecule has 3 rings (SSSR count). The molecule has 1 N–H and O–H groups in total. The van der Waals surface area contributed by atoms with Crippen molar-refractivity contribution in [2.75, 3.05) is 13.1 Å². The van der Waals surface area contributed by atoms with Gasteiger partial charge in [0.15, 0.2) is 0 Å². The van der Waals surface area contributed by atoms with E-state index >= 15 is 0 Å². The average molecular weight is 347 g/mol. The highest BCUT2D eigenvalue weighted by Gasteiger charge is 2.24. The maximum atomic E-state index is 13.0. The summed E-state index contributed by atoms with van der Waals surface area (Å²) in [7, 11) is 0. The first kappa shape index (κ1) is 16.7. The molecule has 1 aliphatic heterocycles. The zero-order valence-corrected chi connectivity index (χ0v) is 14.0. The molecule has 1 atom stereocenters. The summed E-state index contributed by atoms with van der Waals surface area (Å²) in [6.45, 7) is 1.20. The number of amides is 1. The van der Waals surface area contributed by atoms with E-state index in [1.807, 2.05) is 12.1 Å². The Hall–Kier alpha value is -2.14. The van der Waals surface area contributed by atoms with E-state index in [0.29, 0.717) is 35.6 Å². The summed E-state index contributed by atoms with van der Waals surface area (Å²) >= 11 is 6.16. The van der Waals surface area contributed by atoms with Crippen LogP contribution >= 0.6 is 11.6 Å². The fraction of sp³-hybridized carbons (Fsp3) is 0.389. The number of carboxylic acids is 1. The Morgan fingerprint density at radius 2 is 2.12 bits per heavy atom. The van der Waals surface area contributed by atoms with Crippen LogP contribution in [-0.4, -0.2) is 40.0 Å². The first-order valence-electron chi connectivity index (χ1n) is 8.10. The van der Waals surface area contributed by atoms with E-state index in [-0.39, 0.29) is 18.2 Å². The summed E-state index contributed by atoms with van der Waals surface area (Å²) in [6, 6.07) is 7.16. The molecule has 1 aromatic heterocycles. The van der Waals surface area contributed by atoms with E-state index in [0.717, 1.165) is 18.2 Å². The molecule has 6 heteroatoms. The monoisotopic (exact) mass is 346 g/mol. The standard InChI is InChI=1S/C18H19ClN2O3/c19-14-10-13-4-1-6-20-17(13)15(11-14)18(24)21-7-2-3-12(5-8-21)9-16(22)23/h1,4,6,10-12H,2-3,5,7-9H2,(H,22,23). The number of nitrogens with zero attached hydrogens (tertiary/aromatic N) is 2. The minimum absolute atomic E-state index is 0.0859. The van der Waals surface area contributed by atoms with Gasteiger partial charge in [0.2, 0.25) is 0 Å². The molecule has 126 valence electrons. The number of hydrogen-bond donors (Lipinski definition) is 1. The molecule has 1 amide bonds. The average Bonchev–Trinajstić information content (AvgIpc) is 2.78. The number of carbonyl (C=O) groups excluding carboxylic acids is 1. The smallest absolute Gasteiger partial charge is 0.303 e. The van der Waals surface area contributed by atoms with Crippen molar-refractivity contribution in [1.82, 2.24) is 9.88 Å². The van der Waals surface area contributed by atoms with Crippen molar-refractivity contribution in [1.29, 1.82) is 0 Å². The summed E-state index contributed by atoms with van der Waals surface area (Å²) in [5, 5.41) is 10.3. The second-order valence-electron chi connectivity index (χ2n) is 6.22. The van der Waals surface area contributed by atoms with Crippen molar-refractivity contribution < 1.29 is 14.7 Å². The molecule has 0 saturated carbocycles. The number of aromatic nitrogens is 1. The van der Waals surface area contributed by atoms with Crippen LogP contribution in [-0.2, 0) is 4.79 Å². The first-order chi connectivity index (χ1) is 11.5. The lowest BCUT2D eigenvalue weighted by molar-refractivity contribution is -0.138. The molecule has 1 unspecified atom stereocenters. The quantitative estimate of drug-likeness (QED) is 0.921. The van der Waals surface area contributed by atoms with Crippen molar-refractivity contribution in [2.45, 2.75) is 25.7 Å². The van der Waals surface area contributed by atoms with Gasteiger partial charge in [0.1, 0.15) is 0 Å². The van der Waals surface area contributed by atoms with Crippen LogP contribution < -0.4 is 0 Å². The highest BCUT2D eigenvalue weighted by molar-refractivity contribution is 6.32. The summed E-state index contributed by atoms with van der Waals surface area (Å²) in [4.78, 5) is 30.0. The van der Waals surface area contributed by atoms with Crippen LogP contribution in [0.2, 0.25) is 5.02 Å². The van der Waals surface area contributed by atoms with Gasteiger partial charge in [-0.05, 0) is 43.4 Å². The van der Waals surface area contributed by atoms with Crippen LogP contribution in [0, 0.1) is 5.92 Å². The second-order valence-corrected chi connectivity index (χ2v) is 6.65. The van der Waals surface area contributed by atoms with Crippen LogP contribution in [0.5, 0.6) is 0 Å². The number of carboxylic acid groups (broad SMARTS) is 1. The van der Waals surface area contributed by atoms with Gasteiger partial charge in [-0.1, -0.05) is 17.7 Å². The van der Waals surface area contributed by atoms with Crippen LogP contribution in [0.4, 0.5) is 0 Å². The highest BCUT2D eigenvalue weighted by atomic mass is 35.5. The second kappa shape index (κ2) is 7.18. The molecule has 2 heterocycles. The Bertz CT molecular complexity index is 778. The normalized spacial score (nSPS) is 18.4. The van der Waals surface area contributed by atoms with Gasteiger partial charge in [0.05, 0.1) is 11.1 Å². The number of pyridine rings is 1. The Morgan fingerprint density at radius 3 is 2.92 bits per heavy atom. The van der Waals surface area contributed by atoms with Crippen molar-refractivity contribution in [3.8, 4) is 0 Å². The Labute approximate surface area is 145 Å². The third-order valence-corrected chi connectivity index (χ3v) is 4.72. The summed E-state index contributed by atoms with van der Waals surface area (Å²) in [5.74, 6) is -0.725. The maximum absolute atomic E-state index is 13.0. The predicted molar refractivity (Wildman–Crippen MR) is 92.3 cm³/mol. The van der Waals surface area contributed by atoms with Gasteiger partial charge in [-0.15, -0.1) is 0 Å². The molecule has 0 bridgehead atoms. The number of aliphatic carboxylic acids is 1. The molecular formula is C18H19ClN2O3. The van der Waals surface area contributed by atoms with Crippen molar-refractivity contribution in [3.05, 3.63) is 41.0 Å². The summed E-state index contributed by atoms with van der Waals surface area (Å²) in [6.07, 6.45) is 4.20. The molecule has 1 saturated heterocycles. The van der Waals surface area contributed by atoms with Gasteiger partial charge in [-0.2, -0.15) is 0 Å². The number of rotatable bonds is 3. The van der Waals surface area contributed by atoms with E-state index in [2.05, 4.69) is 4.98 Å². The maximum Gasteiger partial charge on any atom is 0.303 e. The lowest BCUT2D eigenvalue weighted by atomic mass is 9.97. The molecule has 1 aromatic carbocycles. The summed E-state index contributed by atoms with van der Waals surface area (Å²) < 4.78 is 0. The van der Waals surface area contributed by atoms with Gasteiger partial charge < -0.3 is 10.0 Å². The Morgan fingerprint density at radius 1 is 1.29 bits per heavy atom. The fourth-order valence-corrected chi connectivity index (χ4v) is 3.54. The molecule has 24 heavy (non-hydrogen) atoms. The van der Waals surface area contributed by atoms with Gasteiger partial charge in [-0.25, -0.2) is 0 Å². The number of fused-ring (bicyclic) bond motifs is 1. The first-order valence-corrected chi connectivity index (χ1v) is 8.48. The van der Waals surface area contributed by atoms with Crippen molar-refractivity contribution in [2.24, 2.45) is 5.92 Å². The number of likely N-dealkylation sites (tertiary alicyclic amines) is 1. The van der Waals surface area contributed by atoms with Crippen molar-refractivity contribution >= 4 is 34.4 Å². The number of halogens is 1. The molecule has 1 fully saturated rings. The van der Waals surface area contributed by atoms with Crippen molar-refractivity contribution in [3.63, 3.8) is 0 Å². The lowest BCUT2D eigenvalue weighted by Crippen LogP contribution is -2.32. The van der Waals surface area contributed by atoms with E-state index in [1.165, 1.54) is 0 Å². The molecule has 0 spiro atoms. The zero-order valence-electron chi connectivity index (χ0n) is 13.2. The van der Waals surface area contributed by atoms with Crippen LogP contribution in [0.25, 0.3) is 10.9 Å².